The van der Waals surface area contributed by atoms with Crippen LogP contribution in [0.2, 0.25) is 0 Å². The number of ether oxygens (including phenoxy) is 1. The normalized spacial score (nSPS) is 21.4. The lowest BCUT2D eigenvalue weighted by Gasteiger charge is -2.31. The van der Waals surface area contributed by atoms with Gasteiger partial charge in [0.25, 0.3) is 11.7 Å². The van der Waals surface area contributed by atoms with Crippen molar-refractivity contribution >= 4 is 5.91 Å². The monoisotopic (exact) mass is 240 g/mol. The quantitative estimate of drug-likeness (QED) is 0.675. The van der Waals surface area contributed by atoms with Crippen LogP contribution in [-0.2, 0) is 4.74 Å². The van der Waals surface area contributed by atoms with E-state index in [1.165, 1.54) is 0 Å². The van der Waals surface area contributed by atoms with Gasteiger partial charge >= 0.3 is 0 Å². The topological polar surface area (TPSA) is 96.0 Å². The summed E-state index contributed by atoms with van der Waals surface area (Å²) in [7, 11) is 0. The molecule has 1 aliphatic heterocycles. The van der Waals surface area contributed by atoms with Crippen LogP contribution in [0.5, 0.6) is 0 Å². The van der Waals surface area contributed by atoms with Gasteiger partial charge in [-0.3, -0.25) is 9.69 Å². The van der Waals surface area contributed by atoms with Crippen molar-refractivity contribution in [3.05, 3.63) is 5.82 Å². The number of amides is 1. The number of carbonyl (C=O) groups is 1. The molecule has 94 valence electrons. The predicted octanol–water partition coefficient (Wildman–Crippen LogP) is -1.35. The lowest BCUT2D eigenvalue weighted by atomic mass is 10.2. The highest BCUT2D eigenvalue weighted by Gasteiger charge is 2.20. The van der Waals surface area contributed by atoms with Gasteiger partial charge in [0.05, 0.1) is 12.7 Å². The molecule has 1 unspecified atom stereocenters. The van der Waals surface area contributed by atoms with E-state index in [1.54, 1.807) is 0 Å². The first-order chi connectivity index (χ1) is 8.29. The summed E-state index contributed by atoms with van der Waals surface area (Å²) in [6.45, 7) is 6.06. The number of morpholine rings is 1. The number of H-pyrrole nitrogens is 1. The second-order valence-corrected chi connectivity index (χ2v) is 3.83. The van der Waals surface area contributed by atoms with Gasteiger partial charge in [0.1, 0.15) is 0 Å². The van der Waals surface area contributed by atoms with Gasteiger partial charge in [0.15, 0.2) is 0 Å². The number of tetrazole rings is 1. The van der Waals surface area contributed by atoms with E-state index >= 15 is 0 Å². The molecule has 2 rings (SSSR count). The molecule has 0 aliphatic carbocycles. The summed E-state index contributed by atoms with van der Waals surface area (Å²) >= 11 is 0. The van der Waals surface area contributed by atoms with Crippen molar-refractivity contribution in [3.63, 3.8) is 0 Å². The molecule has 1 aromatic heterocycles. The van der Waals surface area contributed by atoms with Crippen LogP contribution >= 0.6 is 0 Å². The Labute approximate surface area is 98.7 Å². The van der Waals surface area contributed by atoms with E-state index in [-0.39, 0.29) is 17.8 Å². The van der Waals surface area contributed by atoms with Crippen molar-refractivity contribution in [2.45, 2.75) is 13.0 Å². The van der Waals surface area contributed by atoms with E-state index in [1.807, 2.05) is 0 Å². The zero-order valence-electron chi connectivity index (χ0n) is 9.72. The van der Waals surface area contributed by atoms with Crippen molar-refractivity contribution < 1.29 is 9.53 Å². The van der Waals surface area contributed by atoms with Crippen molar-refractivity contribution in [2.75, 3.05) is 32.8 Å². The van der Waals surface area contributed by atoms with Gasteiger partial charge in [0.2, 0.25) is 0 Å². The summed E-state index contributed by atoms with van der Waals surface area (Å²) in [5.74, 6) is -0.288. The van der Waals surface area contributed by atoms with Crippen molar-refractivity contribution in [2.24, 2.45) is 0 Å². The van der Waals surface area contributed by atoms with Crippen LogP contribution in [0.1, 0.15) is 17.5 Å². The maximum atomic E-state index is 11.5. The van der Waals surface area contributed by atoms with Gasteiger partial charge in [0, 0.05) is 19.6 Å². The third-order valence-electron chi connectivity index (χ3n) is 2.71. The molecule has 1 amide bonds. The molecule has 0 bridgehead atoms. The molecule has 1 aliphatic rings. The molecule has 8 nitrogen and oxygen atoms in total. The number of nitrogens with zero attached hydrogens (tertiary/aromatic N) is 4. The first kappa shape index (κ1) is 11.9. The Balaban J connectivity index is 1.76. The molecular weight excluding hydrogens is 224 g/mol. The molecule has 1 fully saturated rings. The molecule has 1 atom stereocenters. The van der Waals surface area contributed by atoms with E-state index in [0.29, 0.717) is 13.2 Å². The van der Waals surface area contributed by atoms with Gasteiger partial charge < -0.3 is 10.1 Å². The van der Waals surface area contributed by atoms with Gasteiger partial charge in [-0.25, -0.2) is 0 Å². The highest BCUT2D eigenvalue weighted by molar-refractivity contribution is 5.89. The number of aromatic amines is 1. The fraction of sp³-hybridized carbons (Fsp3) is 0.778. The zero-order valence-corrected chi connectivity index (χ0v) is 9.72. The Hall–Kier alpha value is -1.54. The Morgan fingerprint density at radius 2 is 2.59 bits per heavy atom. The summed E-state index contributed by atoms with van der Waals surface area (Å²) in [6.07, 6.45) is 0.0274. The van der Waals surface area contributed by atoms with Crippen LogP contribution < -0.4 is 5.32 Å². The van der Waals surface area contributed by atoms with E-state index in [9.17, 15) is 4.79 Å². The first-order valence-electron chi connectivity index (χ1n) is 5.65. The van der Waals surface area contributed by atoms with E-state index in [2.05, 4.69) is 37.8 Å². The van der Waals surface area contributed by atoms with Crippen LogP contribution in [-0.4, -0.2) is 70.3 Å². The van der Waals surface area contributed by atoms with E-state index in [4.69, 9.17) is 4.74 Å². The Morgan fingerprint density at radius 3 is 3.29 bits per heavy atom. The molecule has 1 aromatic rings. The molecule has 8 heteroatoms. The van der Waals surface area contributed by atoms with Gasteiger partial charge in [-0.05, 0) is 11.8 Å². The maximum absolute atomic E-state index is 11.5. The zero-order chi connectivity index (χ0) is 12.1. The lowest BCUT2D eigenvalue weighted by Crippen LogP contribution is -2.47. The number of carbonyl (C=O) groups excluding carboxylic acids is 1. The maximum Gasteiger partial charge on any atom is 0.292 e. The highest BCUT2D eigenvalue weighted by Crippen LogP contribution is 2.03. The molecule has 0 radical (unpaired) electrons. The summed E-state index contributed by atoms with van der Waals surface area (Å²) in [5.41, 5.74) is 0. The average Bonchev–Trinajstić information content (AvgIpc) is 2.90. The Bertz CT molecular complexity index is 354. The van der Waals surface area contributed by atoms with Gasteiger partial charge in [-0.1, -0.05) is 6.92 Å². The molecule has 2 N–H and O–H groups in total. The van der Waals surface area contributed by atoms with E-state index < -0.39 is 0 Å². The molecule has 0 aromatic carbocycles. The smallest absolute Gasteiger partial charge is 0.292 e. The fourth-order valence-electron chi connectivity index (χ4n) is 1.73. The van der Waals surface area contributed by atoms with Crippen LogP contribution in [0.25, 0.3) is 0 Å². The summed E-state index contributed by atoms with van der Waals surface area (Å²) in [5, 5.41) is 15.5. The van der Waals surface area contributed by atoms with Crippen molar-refractivity contribution in [3.8, 4) is 0 Å². The molecule has 2 heterocycles. The number of aromatic nitrogens is 4. The number of hydrogen-bond acceptors (Lipinski definition) is 6. The van der Waals surface area contributed by atoms with Crippen molar-refractivity contribution in [1.29, 1.82) is 0 Å². The van der Waals surface area contributed by atoms with Crippen LogP contribution in [0.4, 0.5) is 0 Å². The fourth-order valence-corrected chi connectivity index (χ4v) is 1.73. The van der Waals surface area contributed by atoms with Crippen LogP contribution in [0, 0.1) is 0 Å². The van der Waals surface area contributed by atoms with E-state index in [0.717, 1.165) is 19.6 Å². The predicted molar refractivity (Wildman–Crippen MR) is 58.4 cm³/mol. The second kappa shape index (κ2) is 5.69. The largest absolute Gasteiger partial charge is 0.374 e. The standard InChI is InChI=1S/C9H16N6O2/c1-2-15-3-4-17-7(6-15)5-10-9(16)8-11-13-14-12-8/h7H,2-6H2,1H3,(H,10,16)(H,11,12,13,14). The SMILES string of the molecule is CCN1CCOC(CNC(=O)c2nn[nH]n2)C1. The summed E-state index contributed by atoms with van der Waals surface area (Å²) < 4.78 is 5.56. The minimum absolute atomic E-state index is 0.0274. The van der Waals surface area contributed by atoms with Crippen LogP contribution in [0.15, 0.2) is 0 Å². The second-order valence-electron chi connectivity index (χ2n) is 3.83. The third kappa shape index (κ3) is 3.21. The number of rotatable bonds is 4. The Morgan fingerprint density at radius 1 is 1.71 bits per heavy atom. The summed E-state index contributed by atoms with van der Waals surface area (Å²) in [6, 6.07) is 0. The number of hydrogen-bond donors (Lipinski definition) is 2. The van der Waals surface area contributed by atoms with Crippen LogP contribution in [0.3, 0.4) is 0 Å². The van der Waals surface area contributed by atoms with Gasteiger partial charge in [-0.2, -0.15) is 5.21 Å². The molecule has 17 heavy (non-hydrogen) atoms. The average molecular weight is 240 g/mol. The number of nitrogens with one attached hydrogen (secondary N) is 2. The lowest BCUT2D eigenvalue weighted by molar-refractivity contribution is -0.0246. The highest BCUT2D eigenvalue weighted by atomic mass is 16.5. The molecule has 1 saturated heterocycles. The third-order valence-corrected chi connectivity index (χ3v) is 2.71. The first-order valence-corrected chi connectivity index (χ1v) is 5.65. The molecule has 0 saturated carbocycles. The van der Waals surface area contributed by atoms with Crippen molar-refractivity contribution in [1.82, 2.24) is 30.8 Å². The molecular formula is C9H16N6O2. The summed E-state index contributed by atoms with van der Waals surface area (Å²) in [4.78, 5) is 13.8. The van der Waals surface area contributed by atoms with Gasteiger partial charge in [-0.15, -0.1) is 10.2 Å². The minimum Gasteiger partial charge on any atom is -0.374 e. The Kier molecular flexibility index (Phi) is 3.99. The molecule has 0 spiro atoms. The number of likely N-dealkylation sites (N-methyl/N-ethyl adjacent to an activating group) is 1. The minimum atomic E-state index is -0.337.